The first-order chi connectivity index (χ1) is 6.59. The largest absolute Gasteiger partial charge is 0.392 e. The molecule has 0 aromatic carbocycles. The summed E-state index contributed by atoms with van der Waals surface area (Å²) in [5.74, 6) is 0.198. The molecule has 0 saturated carbocycles. The van der Waals surface area contributed by atoms with Gasteiger partial charge in [0.05, 0.1) is 6.10 Å². The third-order valence-corrected chi connectivity index (χ3v) is 2.57. The van der Waals surface area contributed by atoms with Crippen molar-refractivity contribution in [2.45, 2.75) is 38.8 Å². The number of aliphatic hydroxyl groups excluding tert-OH is 1. The van der Waals surface area contributed by atoms with E-state index in [1.54, 1.807) is 6.92 Å². The van der Waals surface area contributed by atoms with E-state index in [-0.39, 0.29) is 11.8 Å². The van der Waals surface area contributed by atoms with Crippen LogP contribution >= 0.6 is 0 Å². The average molecular weight is 200 g/mol. The molecule has 0 bridgehead atoms. The number of hydrogen-bond donors (Lipinski definition) is 3. The lowest BCUT2D eigenvalue weighted by Crippen LogP contribution is -2.43. The second-order valence-electron chi connectivity index (χ2n) is 4.17. The Hall–Kier alpha value is -0.610. The summed E-state index contributed by atoms with van der Waals surface area (Å²) < 4.78 is 0. The fourth-order valence-electron chi connectivity index (χ4n) is 1.76. The smallest absolute Gasteiger partial charge is 0.223 e. The zero-order valence-corrected chi connectivity index (χ0v) is 8.92. The van der Waals surface area contributed by atoms with Crippen LogP contribution in [0, 0.1) is 5.92 Å². The highest BCUT2D eigenvalue weighted by molar-refractivity contribution is 5.78. The molecule has 0 aromatic heterocycles. The number of carbonyl (C=O) groups excluding carboxylic acids is 1. The van der Waals surface area contributed by atoms with Crippen LogP contribution in [-0.2, 0) is 4.79 Å². The number of carbonyl (C=O) groups is 1. The van der Waals surface area contributed by atoms with E-state index >= 15 is 0 Å². The van der Waals surface area contributed by atoms with Gasteiger partial charge in [-0.1, -0.05) is 0 Å². The highest BCUT2D eigenvalue weighted by Gasteiger charge is 2.24. The molecule has 3 atom stereocenters. The molecule has 4 heteroatoms. The molecule has 1 rings (SSSR count). The molecule has 4 nitrogen and oxygen atoms in total. The zero-order valence-electron chi connectivity index (χ0n) is 8.92. The third kappa shape index (κ3) is 3.64. The van der Waals surface area contributed by atoms with Crippen LogP contribution < -0.4 is 10.6 Å². The van der Waals surface area contributed by atoms with Crippen molar-refractivity contribution in [2.24, 2.45) is 5.92 Å². The Labute approximate surface area is 85.1 Å². The maximum atomic E-state index is 11.6. The Kier molecular flexibility index (Phi) is 4.35. The number of aliphatic hydroxyl groups is 1. The maximum absolute atomic E-state index is 11.6. The number of hydrogen-bond acceptors (Lipinski definition) is 3. The number of nitrogens with one attached hydrogen (secondary N) is 2. The second kappa shape index (κ2) is 5.32. The summed E-state index contributed by atoms with van der Waals surface area (Å²) >= 11 is 0. The summed E-state index contributed by atoms with van der Waals surface area (Å²) in [7, 11) is 0. The van der Waals surface area contributed by atoms with E-state index in [2.05, 4.69) is 17.6 Å². The second-order valence-corrected chi connectivity index (χ2v) is 4.17. The lowest BCUT2D eigenvalue weighted by Gasteiger charge is -2.27. The molecule has 0 aromatic rings. The normalized spacial score (nSPS) is 29.6. The van der Waals surface area contributed by atoms with Crippen molar-refractivity contribution in [1.29, 1.82) is 0 Å². The predicted molar refractivity (Wildman–Crippen MR) is 54.9 cm³/mol. The van der Waals surface area contributed by atoms with E-state index in [9.17, 15) is 4.79 Å². The van der Waals surface area contributed by atoms with Gasteiger partial charge < -0.3 is 15.7 Å². The van der Waals surface area contributed by atoms with Gasteiger partial charge in [0.2, 0.25) is 5.91 Å². The summed E-state index contributed by atoms with van der Waals surface area (Å²) in [5.41, 5.74) is 0. The molecule has 1 aliphatic rings. The first-order valence-electron chi connectivity index (χ1n) is 5.28. The van der Waals surface area contributed by atoms with Crippen molar-refractivity contribution < 1.29 is 9.90 Å². The van der Waals surface area contributed by atoms with Crippen molar-refractivity contribution in [2.75, 3.05) is 13.1 Å². The molecule has 1 unspecified atom stereocenters. The van der Waals surface area contributed by atoms with Crippen molar-refractivity contribution in [3.63, 3.8) is 0 Å². The molecule has 3 N–H and O–H groups in total. The lowest BCUT2D eigenvalue weighted by molar-refractivity contribution is -0.126. The van der Waals surface area contributed by atoms with E-state index in [1.807, 2.05) is 0 Å². The van der Waals surface area contributed by atoms with Crippen LogP contribution in [0.15, 0.2) is 0 Å². The van der Waals surface area contributed by atoms with Gasteiger partial charge in [-0.25, -0.2) is 0 Å². The summed E-state index contributed by atoms with van der Waals surface area (Å²) in [4.78, 5) is 11.6. The molecule has 14 heavy (non-hydrogen) atoms. The summed E-state index contributed by atoms with van der Waals surface area (Å²) in [6, 6.07) is 0.422. The SMILES string of the molecule is CC(O)CNC(=O)[C@H]1CCN[C@@H](C)C1. The highest BCUT2D eigenvalue weighted by Crippen LogP contribution is 2.15. The highest BCUT2D eigenvalue weighted by atomic mass is 16.3. The summed E-state index contributed by atoms with van der Waals surface area (Å²) in [6.45, 7) is 5.03. The van der Waals surface area contributed by atoms with Crippen LogP contribution in [0.2, 0.25) is 0 Å². The van der Waals surface area contributed by atoms with Crippen molar-refractivity contribution >= 4 is 5.91 Å². The van der Waals surface area contributed by atoms with Gasteiger partial charge >= 0.3 is 0 Å². The first kappa shape index (κ1) is 11.5. The van der Waals surface area contributed by atoms with Crippen LogP contribution in [0.4, 0.5) is 0 Å². The molecule has 82 valence electrons. The molecule has 1 fully saturated rings. The molecule has 1 saturated heterocycles. The third-order valence-electron chi connectivity index (χ3n) is 2.57. The molecular weight excluding hydrogens is 180 g/mol. The van der Waals surface area contributed by atoms with Crippen LogP contribution in [0.5, 0.6) is 0 Å². The van der Waals surface area contributed by atoms with Gasteiger partial charge in [0.15, 0.2) is 0 Å². The minimum atomic E-state index is -0.460. The van der Waals surface area contributed by atoms with E-state index in [0.717, 1.165) is 19.4 Å². The van der Waals surface area contributed by atoms with E-state index < -0.39 is 6.10 Å². The summed E-state index contributed by atoms with van der Waals surface area (Å²) in [6.07, 6.45) is 1.33. The van der Waals surface area contributed by atoms with Crippen LogP contribution in [0.1, 0.15) is 26.7 Å². The van der Waals surface area contributed by atoms with E-state index in [0.29, 0.717) is 12.6 Å². The van der Waals surface area contributed by atoms with Crippen LogP contribution in [0.25, 0.3) is 0 Å². The topological polar surface area (TPSA) is 61.4 Å². The fraction of sp³-hybridized carbons (Fsp3) is 0.900. The average Bonchev–Trinajstić information content (AvgIpc) is 2.14. The molecule has 1 heterocycles. The first-order valence-corrected chi connectivity index (χ1v) is 5.28. The molecular formula is C10H20N2O2. The standard InChI is InChI=1S/C10H20N2O2/c1-7-5-9(3-4-11-7)10(14)12-6-8(2)13/h7-9,11,13H,3-6H2,1-2H3,(H,12,14)/t7-,8?,9-/m0/s1. The van der Waals surface area contributed by atoms with Gasteiger partial charge in [0.1, 0.15) is 0 Å². The Morgan fingerprint density at radius 1 is 1.71 bits per heavy atom. The number of amides is 1. The van der Waals surface area contributed by atoms with Gasteiger partial charge in [-0.3, -0.25) is 4.79 Å². The van der Waals surface area contributed by atoms with E-state index in [1.165, 1.54) is 0 Å². The van der Waals surface area contributed by atoms with Gasteiger partial charge in [0.25, 0.3) is 0 Å². The monoisotopic (exact) mass is 200 g/mol. The predicted octanol–water partition coefficient (Wildman–Crippen LogP) is -0.128. The fourth-order valence-corrected chi connectivity index (χ4v) is 1.76. The molecule has 1 aliphatic heterocycles. The quantitative estimate of drug-likeness (QED) is 0.595. The minimum Gasteiger partial charge on any atom is -0.392 e. The molecule has 0 aliphatic carbocycles. The van der Waals surface area contributed by atoms with Gasteiger partial charge in [-0.15, -0.1) is 0 Å². The Morgan fingerprint density at radius 2 is 2.43 bits per heavy atom. The van der Waals surface area contributed by atoms with Crippen molar-refractivity contribution in [3.05, 3.63) is 0 Å². The summed E-state index contributed by atoms with van der Waals surface area (Å²) in [5, 5.41) is 15.1. The van der Waals surface area contributed by atoms with Crippen molar-refractivity contribution in [1.82, 2.24) is 10.6 Å². The Balaban J connectivity index is 2.29. The zero-order chi connectivity index (χ0) is 10.6. The minimum absolute atomic E-state index is 0.0826. The molecule has 1 amide bonds. The Morgan fingerprint density at radius 3 is 3.00 bits per heavy atom. The van der Waals surface area contributed by atoms with Crippen LogP contribution in [-0.4, -0.2) is 36.2 Å². The maximum Gasteiger partial charge on any atom is 0.223 e. The molecule has 0 spiro atoms. The Bertz CT molecular complexity index is 195. The van der Waals surface area contributed by atoms with Crippen LogP contribution in [0.3, 0.4) is 0 Å². The molecule has 0 radical (unpaired) electrons. The number of piperidine rings is 1. The lowest BCUT2D eigenvalue weighted by atomic mass is 9.92. The van der Waals surface area contributed by atoms with Crippen molar-refractivity contribution in [3.8, 4) is 0 Å². The van der Waals surface area contributed by atoms with E-state index in [4.69, 9.17) is 5.11 Å². The van der Waals surface area contributed by atoms with Gasteiger partial charge in [-0.2, -0.15) is 0 Å². The number of rotatable bonds is 3. The van der Waals surface area contributed by atoms with Gasteiger partial charge in [0, 0.05) is 18.5 Å². The van der Waals surface area contributed by atoms with Gasteiger partial charge in [-0.05, 0) is 33.2 Å².